The molecule has 1 heterocycles. The highest BCUT2D eigenvalue weighted by Crippen LogP contribution is 2.46. The second-order valence-electron chi connectivity index (χ2n) is 12.0. The molecule has 1 fully saturated rings. The molecule has 1 atom stereocenters. The van der Waals surface area contributed by atoms with E-state index in [1.807, 2.05) is 12.1 Å². The number of esters is 1. The van der Waals surface area contributed by atoms with E-state index in [1.165, 1.54) is 5.56 Å². The maximum absolute atomic E-state index is 13.5. The van der Waals surface area contributed by atoms with Gasteiger partial charge in [-0.2, -0.15) is 13.2 Å². The zero-order valence-electron chi connectivity index (χ0n) is 24.0. The smallest absolute Gasteiger partial charge is 0.442 e. The highest BCUT2D eigenvalue weighted by atomic mass is 19.4. The Morgan fingerprint density at radius 2 is 1.37 bits per heavy atom. The van der Waals surface area contributed by atoms with Gasteiger partial charge < -0.3 is 14.7 Å². The van der Waals surface area contributed by atoms with Crippen molar-refractivity contribution >= 4 is 5.97 Å². The molecular weight excluding hydrogens is 527 g/mol. The summed E-state index contributed by atoms with van der Waals surface area (Å²) in [5, 5.41) is 10.7. The van der Waals surface area contributed by atoms with Crippen molar-refractivity contribution in [2.75, 3.05) is 19.6 Å². The van der Waals surface area contributed by atoms with E-state index in [2.05, 4.69) is 37.8 Å². The fourth-order valence-corrected chi connectivity index (χ4v) is 5.86. The lowest BCUT2D eigenvalue weighted by molar-refractivity contribution is -0.217. The molecule has 1 saturated heterocycles. The van der Waals surface area contributed by atoms with Crippen molar-refractivity contribution in [2.24, 2.45) is 5.92 Å². The quantitative estimate of drug-likeness (QED) is 0.271. The van der Waals surface area contributed by atoms with E-state index in [-0.39, 0.29) is 11.3 Å². The van der Waals surface area contributed by atoms with Gasteiger partial charge in [0.25, 0.3) is 0 Å². The first-order valence-corrected chi connectivity index (χ1v) is 14.3. The van der Waals surface area contributed by atoms with Gasteiger partial charge in [0, 0.05) is 17.0 Å². The van der Waals surface area contributed by atoms with Crippen LogP contribution in [-0.2, 0) is 20.5 Å². The Labute approximate surface area is 241 Å². The zero-order valence-corrected chi connectivity index (χ0v) is 24.0. The molecule has 0 saturated carbocycles. The summed E-state index contributed by atoms with van der Waals surface area (Å²) >= 11 is 0. The molecule has 0 aliphatic carbocycles. The average Bonchev–Trinajstić information content (AvgIpc) is 2.96. The van der Waals surface area contributed by atoms with Crippen LogP contribution in [0.4, 0.5) is 13.2 Å². The summed E-state index contributed by atoms with van der Waals surface area (Å²) in [6, 6.07) is 25.7. The summed E-state index contributed by atoms with van der Waals surface area (Å²) in [6.45, 7) is 8.57. The number of aliphatic hydroxyl groups is 1. The number of hydrogen-bond donors (Lipinski definition) is 1. The second-order valence-corrected chi connectivity index (χ2v) is 12.0. The van der Waals surface area contributed by atoms with Gasteiger partial charge in [0.05, 0.1) is 6.10 Å². The van der Waals surface area contributed by atoms with E-state index in [4.69, 9.17) is 4.74 Å². The summed E-state index contributed by atoms with van der Waals surface area (Å²) in [7, 11) is 0. The molecule has 7 heteroatoms. The monoisotopic (exact) mass is 567 g/mol. The number of carbonyl (C=O) groups excluding carboxylic acids is 1. The lowest BCUT2D eigenvalue weighted by atomic mass is 9.71. The molecule has 0 spiro atoms. The van der Waals surface area contributed by atoms with E-state index in [1.54, 1.807) is 60.7 Å². The highest BCUT2D eigenvalue weighted by Gasteiger charge is 2.52. The Morgan fingerprint density at radius 1 is 0.854 bits per heavy atom. The minimum absolute atomic E-state index is 0.0548. The third kappa shape index (κ3) is 7.38. The molecule has 4 rings (SSSR count). The summed E-state index contributed by atoms with van der Waals surface area (Å²) in [5.41, 5.74) is 1.68. The van der Waals surface area contributed by atoms with Crippen LogP contribution in [0.2, 0.25) is 0 Å². The number of rotatable bonds is 9. The summed E-state index contributed by atoms with van der Waals surface area (Å²) in [4.78, 5) is 14.6. The maximum atomic E-state index is 13.5. The standard InChI is InChI=1S/C34H40F3NO3/c1-32(2,3)26-18-16-25(17-19-26)30(39)15-10-22-38-23-20-29(21-24-38)33(27-11-6-4-7-12-27,28-13-8-5-9-14-28)41-31(40)34(35,36)37/h4-9,11-14,16-19,29-30,39H,10,15,20-24H2,1-3H3. The van der Waals surface area contributed by atoms with Crippen LogP contribution in [-0.4, -0.2) is 41.8 Å². The normalized spacial score (nSPS) is 16.4. The highest BCUT2D eigenvalue weighted by molar-refractivity contribution is 5.76. The van der Waals surface area contributed by atoms with Crippen molar-refractivity contribution in [1.29, 1.82) is 0 Å². The van der Waals surface area contributed by atoms with Gasteiger partial charge >= 0.3 is 12.1 Å². The van der Waals surface area contributed by atoms with Crippen molar-refractivity contribution < 1.29 is 27.8 Å². The molecule has 1 aliphatic rings. The van der Waals surface area contributed by atoms with E-state index in [9.17, 15) is 23.1 Å². The molecule has 220 valence electrons. The predicted molar refractivity (Wildman–Crippen MR) is 154 cm³/mol. The van der Waals surface area contributed by atoms with Crippen LogP contribution >= 0.6 is 0 Å². The number of nitrogens with zero attached hydrogens (tertiary/aromatic N) is 1. The van der Waals surface area contributed by atoms with Crippen LogP contribution < -0.4 is 0 Å². The molecule has 1 N–H and O–H groups in total. The Balaban J connectivity index is 1.45. The fraction of sp³-hybridized carbons (Fsp3) is 0.441. The number of likely N-dealkylation sites (tertiary alicyclic amines) is 1. The number of alkyl halides is 3. The van der Waals surface area contributed by atoms with Crippen molar-refractivity contribution in [3.8, 4) is 0 Å². The van der Waals surface area contributed by atoms with Gasteiger partial charge in [0.15, 0.2) is 5.60 Å². The molecule has 0 aromatic heterocycles. The van der Waals surface area contributed by atoms with Crippen molar-refractivity contribution in [1.82, 2.24) is 4.90 Å². The number of hydrogen-bond acceptors (Lipinski definition) is 4. The lowest BCUT2D eigenvalue weighted by Crippen LogP contribution is -2.48. The van der Waals surface area contributed by atoms with Gasteiger partial charge in [-0.15, -0.1) is 0 Å². The van der Waals surface area contributed by atoms with Gasteiger partial charge in [-0.1, -0.05) is 106 Å². The van der Waals surface area contributed by atoms with Gasteiger partial charge in [-0.25, -0.2) is 4.79 Å². The third-order valence-corrected chi connectivity index (χ3v) is 8.17. The van der Waals surface area contributed by atoms with Crippen molar-refractivity contribution in [3.05, 3.63) is 107 Å². The Morgan fingerprint density at radius 3 is 1.83 bits per heavy atom. The largest absolute Gasteiger partial charge is 0.490 e. The summed E-state index contributed by atoms with van der Waals surface area (Å²) < 4.78 is 46.1. The topological polar surface area (TPSA) is 49.8 Å². The number of aliphatic hydroxyl groups excluding tert-OH is 1. The number of ether oxygens (including phenoxy) is 1. The number of halogens is 3. The lowest BCUT2D eigenvalue weighted by Gasteiger charge is -2.45. The number of piperidine rings is 1. The second kappa shape index (κ2) is 12.8. The van der Waals surface area contributed by atoms with E-state index in [0.29, 0.717) is 43.5 Å². The predicted octanol–water partition coefficient (Wildman–Crippen LogP) is 7.56. The van der Waals surface area contributed by atoms with Crippen LogP contribution in [0.15, 0.2) is 84.9 Å². The minimum atomic E-state index is -5.11. The average molecular weight is 568 g/mol. The summed E-state index contributed by atoms with van der Waals surface area (Å²) in [6.07, 6.45) is -3.12. The van der Waals surface area contributed by atoms with Crippen LogP contribution in [0.25, 0.3) is 0 Å². The van der Waals surface area contributed by atoms with Gasteiger partial charge in [-0.3, -0.25) is 0 Å². The molecule has 0 bridgehead atoms. The molecule has 1 aliphatic heterocycles. The first-order chi connectivity index (χ1) is 19.4. The molecule has 0 radical (unpaired) electrons. The molecule has 4 nitrogen and oxygen atoms in total. The molecule has 3 aromatic carbocycles. The number of benzene rings is 3. The molecule has 3 aromatic rings. The molecule has 41 heavy (non-hydrogen) atoms. The van der Waals surface area contributed by atoms with Gasteiger partial charge in [0.1, 0.15) is 0 Å². The first-order valence-electron chi connectivity index (χ1n) is 14.3. The van der Waals surface area contributed by atoms with Crippen LogP contribution in [0.1, 0.15) is 74.8 Å². The fourth-order valence-electron chi connectivity index (χ4n) is 5.86. The molecular formula is C34H40F3NO3. The van der Waals surface area contributed by atoms with Crippen molar-refractivity contribution in [2.45, 2.75) is 69.8 Å². The first kappa shape index (κ1) is 30.8. The van der Waals surface area contributed by atoms with Crippen LogP contribution in [0.3, 0.4) is 0 Å². The van der Waals surface area contributed by atoms with E-state index < -0.39 is 23.9 Å². The molecule has 1 unspecified atom stereocenters. The van der Waals surface area contributed by atoms with Gasteiger partial charge in [0.2, 0.25) is 0 Å². The van der Waals surface area contributed by atoms with E-state index >= 15 is 0 Å². The van der Waals surface area contributed by atoms with Gasteiger partial charge in [-0.05, 0) is 61.9 Å². The summed E-state index contributed by atoms with van der Waals surface area (Å²) in [5.74, 6) is -2.53. The Kier molecular flexibility index (Phi) is 9.60. The Bertz CT molecular complexity index is 1210. The number of carbonyl (C=O) groups is 1. The van der Waals surface area contributed by atoms with E-state index in [0.717, 1.165) is 18.5 Å². The third-order valence-electron chi connectivity index (χ3n) is 8.17. The zero-order chi connectivity index (χ0) is 29.7. The van der Waals surface area contributed by atoms with Crippen LogP contribution in [0.5, 0.6) is 0 Å². The SMILES string of the molecule is CC(C)(C)c1ccc(C(O)CCCN2CCC(C(OC(=O)C(F)(F)F)(c3ccccc3)c3ccccc3)CC2)cc1. The maximum Gasteiger partial charge on any atom is 0.490 e. The molecule has 0 amide bonds. The Hall–Kier alpha value is -3.16. The minimum Gasteiger partial charge on any atom is -0.442 e. The van der Waals surface area contributed by atoms with Crippen molar-refractivity contribution in [3.63, 3.8) is 0 Å². The van der Waals surface area contributed by atoms with Crippen LogP contribution in [0, 0.1) is 5.92 Å².